The van der Waals surface area contributed by atoms with Gasteiger partial charge in [0, 0.05) is 18.1 Å². The fourth-order valence-electron chi connectivity index (χ4n) is 2.16. The molecule has 2 rings (SSSR count). The molecule has 0 bridgehead atoms. The number of fused-ring (bicyclic) bond motifs is 1. The molecule has 0 aliphatic carbocycles. The number of nitrogens with one attached hydrogen (secondary N) is 1. The molecule has 3 nitrogen and oxygen atoms in total. The second kappa shape index (κ2) is 6.66. The lowest BCUT2D eigenvalue weighted by molar-refractivity contribution is 0.747. The van der Waals surface area contributed by atoms with E-state index < -0.39 is 0 Å². The van der Waals surface area contributed by atoms with Crippen LogP contribution in [-0.2, 0) is 6.42 Å². The zero-order chi connectivity index (χ0) is 13.7. The van der Waals surface area contributed by atoms with Crippen LogP contribution in [0, 0.1) is 4.64 Å². The van der Waals surface area contributed by atoms with Crippen LogP contribution in [0.25, 0.3) is 11.0 Å². The molecular formula is C15H21N3S. The molecule has 2 aromatic heterocycles. The maximum absolute atomic E-state index is 5.59. The Morgan fingerprint density at radius 2 is 2.16 bits per heavy atom. The van der Waals surface area contributed by atoms with E-state index in [1.807, 2.05) is 16.9 Å². The topological polar surface area (TPSA) is 29.9 Å². The molecule has 0 aliphatic heterocycles. The Bertz CT molecular complexity index is 604. The van der Waals surface area contributed by atoms with E-state index in [9.17, 15) is 0 Å². The van der Waals surface area contributed by atoms with Gasteiger partial charge >= 0.3 is 0 Å². The second-order valence-electron chi connectivity index (χ2n) is 4.74. The molecule has 0 spiro atoms. The number of unbranched alkanes of at least 4 members (excludes halogenated alkanes) is 1. The van der Waals surface area contributed by atoms with Gasteiger partial charge in [0.2, 0.25) is 0 Å². The predicted molar refractivity (Wildman–Crippen MR) is 83.7 cm³/mol. The lowest BCUT2D eigenvalue weighted by atomic mass is 10.1. The quantitative estimate of drug-likeness (QED) is 0.637. The van der Waals surface area contributed by atoms with Crippen LogP contribution in [0.2, 0.25) is 0 Å². The van der Waals surface area contributed by atoms with Gasteiger partial charge in [0.25, 0.3) is 0 Å². The van der Waals surface area contributed by atoms with Gasteiger partial charge in [-0.25, -0.2) is 9.66 Å². The van der Waals surface area contributed by atoms with Gasteiger partial charge in [-0.05, 0) is 36.6 Å². The van der Waals surface area contributed by atoms with Gasteiger partial charge in [0.15, 0.2) is 5.65 Å². The Morgan fingerprint density at radius 3 is 2.89 bits per heavy atom. The van der Waals surface area contributed by atoms with Crippen LogP contribution < -0.4 is 5.43 Å². The summed E-state index contributed by atoms with van der Waals surface area (Å²) in [6, 6.07) is 6.23. The van der Waals surface area contributed by atoms with Crippen LogP contribution in [0.5, 0.6) is 0 Å². The van der Waals surface area contributed by atoms with E-state index in [0.29, 0.717) is 0 Å². The first kappa shape index (κ1) is 14.0. The normalized spacial score (nSPS) is 10.8. The highest BCUT2D eigenvalue weighted by molar-refractivity contribution is 7.71. The summed E-state index contributed by atoms with van der Waals surface area (Å²) in [5.74, 6) is 0. The summed E-state index contributed by atoms with van der Waals surface area (Å²) in [5, 5.41) is 1.14. The minimum absolute atomic E-state index is 0.865. The maximum Gasteiger partial charge on any atom is 0.159 e. The maximum atomic E-state index is 5.59. The van der Waals surface area contributed by atoms with Crippen molar-refractivity contribution in [3.05, 3.63) is 34.6 Å². The summed E-state index contributed by atoms with van der Waals surface area (Å²) >= 11 is 5.59. The lowest BCUT2D eigenvalue weighted by Crippen LogP contribution is -2.19. The zero-order valence-electron chi connectivity index (χ0n) is 11.6. The van der Waals surface area contributed by atoms with Crippen LogP contribution in [-0.4, -0.2) is 16.2 Å². The molecule has 0 atom stereocenters. The van der Waals surface area contributed by atoms with E-state index in [1.54, 1.807) is 0 Å². The number of hydrogen-bond donors (Lipinski definition) is 1. The van der Waals surface area contributed by atoms with Crippen molar-refractivity contribution in [2.45, 2.75) is 39.5 Å². The van der Waals surface area contributed by atoms with Gasteiger partial charge in [-0.1, -0.05) is 38.9 Å². The Balaban J connectivity index is 2.49. The highest BCUT2D eigenvalue weighted by Gasteiger charge is 2.06. The van der Waals surface area contributed by atoms with E-state index in [4.69, 9.17) is 12.2 Å². The van der Waals surface area contributed by atoms with Crippen molar-refractivity contribution in [3.8, 4) is 0 Å². The molecule has 2 heterocycles. The van der Waals surface area contributed by atoms with Crippen molar-refractivity contribution in [2.75, 3.05) is 12.0 Å². The van der Waals surface area contributed by atoms with E-state index in [1.165, 1.54) is 12.0 Å². The number of aryl methyl sites for hydroxylation is 1. The van der Waals surface area contributed by atoms with Gasteiger partial charge in [-0.3, -0.25) is 0 Å². The molecule has 4 heteroatoms. The summed E-state index contributed by atoms with van der Waals surface area (Å²) in [7, 11) is 0. The molecule has 0 radical (unpaired) electrons. The van der Waals surface area contributed by atoms with Crippen molar-refractivity contribution < 1.29 is 0 Å². The van der Waals surface area contributed by atoms with Crippen LogP contribution >= 0.6 is 12.2 Å². The van der Waals surface area contributed by atoms with E-state index in [-0.39, 0.29) is 0 Å². The molecule has 0 unspecified atom stereocenters. The molecule has 0 aliphatic rings. The Morgan fingerprint density at radius 1 is 1.32 bits per heavy atom. The lowest BCUT2D eigenvalue weighted by Gasteiger charge is -2.15. The van der Waals surface area contributed by atoms with Gasteiger partial charge < -0.3 is 5.43 Å². The minimum atomic E-state index is 0.865. The van der Waals surface area contributed by atoms with Crippen LogP contribution in [0.15, 0.2) is 24.4 Å². The van der Waals surface area contributed by atoms with Gasteiger partial charge in [-0.2, -0.15) is 0 Å². The molecule has 0 fully saturated rings. The third-order valence-electron chi connectivity index (χ3n) is 3.16. The Hall–Kier alpha value is -1.42. The largest absolute Gasteiger partial charge is 0.323 e. The van der Waals surface area contributed by atoms with Crippen molar-refractivity contribution in [1.29, 1.82) is 0 Å². The zero-order valence-corrected chi connectivity index (χ0v) is 12.5. The van der Waals surface area contributed by atoms with Crippen molar-refractivity contribution in [2.24, 2.45) is 0 Å². The van der Waals surface area contributed by atoms with Gasteiger partial charge in [0.05, 0.1) is 0 Å². The minimum Gasteiger partial charge on any atom is -0.323 e. The molecule has 1 N–H and O–H groups in total. The number of aromatic nitrogens is 2. The SMILES string of the molecule is CCCCNn1c(=S)c(CCC)cc2cccnc21. The average molecular weight is 275 g/mol. The third kappa shape index (κ3) is 3.13. The molecule has 2 aromatic rings. The molecular weight excluding hydrogens is 254 g/mol. The third-order valence-corrected chi connectivity index (χ3v) is 3.60. The van der Waals surface area contributed by atoms with Crippen molar-refractivity contribution >= 4 is 23.3 Å². The van der Waals surface area contributed by atoms with Crippen LogP contribution in [0.4, 0.5) is 0 Å². The van der Waals surface area contributed by atoms with Gasteiger partial charge in [-0.15, -0.1) is 0 Å². The van der Waals surface area contributed by atoms with Gasteiger partial charge in [0.1, 0.15) is 4.64 Å². The molecule has 0 saturated heterocycles. The first-order chi connectivity index (χ1) is 9.27. The summed E-state index contributed by atoms with van der Waals surface area (Å²) < 4.78 is 2.84. The van der Waals surface area contributed by atoms with Crippen molar-refractivity contribution in [1.82, 2.24) is 9.66 Å². The number of pyridine rings is 2. The summed E-state index contributed by atoms with van der Waals surface area (Å²) in [4.78, 5) is 4.46. The summed E-state index contributed by atoms with van der Waals surface area (Å²) in [6.45, 7) is 5.29. The molecule has 0 amide bonds. The molecule has 19 heavy (non-hydrogen) atoms. The Kier molecular flexibility index (Phi) is 4.91. The van der Waals surface area contributed by atoms with Crippen LogP contribution in [0.1, 0.15) is 38.7 Å². The summed E-state index contributed by atoms with van der Waals surface area (Å²) in [6.07, 6.45) is 6.23. The van der Waals surface area contributed by atoms with E-state index >= 15 is 0 Å². The standard InChI is InChI=1S/C15H21N3S/c1-3-5-10-17-18-14-12(8-6-9-16-14)11-13(7-4-2)15(18)19/h6,8-9,11,17H,3-5,7,10H2,1-2H3. The highest BCUT2D eigenvalue weighted by Crippen LogP contribution is 2.16. The number of rotatable bonds is 6. The number of nitrogens with zero attached hydrogens (tertiary/aromatic N) is 2. The monoisotopic (exact) mass is 275 g/mol. The fraction of sp³-hybridized carbons (Fsp3) is 0.467. The van der Waals surface area contributed by atoms with E-state index in [2.05, 4.69) is 36.4 Å². The molecule has 0 saturated carbocycles. The highest BCUT2D eigenvalue weighted by atomic mass is 32.1. The first-order valence-electron chi connectivity index (χ1n) is 7.01. The van der Waals surface area contributed by atoms with E-state index in [0.717, 1.165) is 41.5 Å². The second-order valence-corrected chi connectivity index (χ2v) is 5.12. The van der Waals surface area contributed by atoms with Crippen LogP contribution in [0.3, 0.4) is 0 Å². The first-order valence-corrected chi connectivity index (χ1v) is 7.42. The van der Waals surface area contributed by atoms with Crippen molar-refractivity contribution in [3.63, 3.8) is 0 Å². The smallest absolute Gasteiger partial charge is 0.159 e. The average Bonchev–Trinajstić information content (AvgIpc) is 2.43. The predicted octanol–water partition coefficient (Wildman–Crippen LogP) is 4.06. The Labute approximate surface area is 119 Å². The molecule has 102 valence electrons. The summed E-state index contributed by atoms with van der Waals surface area (Å²) in [5.41, 5.74) is 5.55. The number of hydrogen-bond acceptors (Lipinski definition) is 3. The molecule has 0 aromatic carbocycles. The fourth-order valence-corrected chi connectivity index (χ4v) is 2.47.